The topological polar surface area (TPSA) is 17.8 Å². The van der Waals surface area contributed by atoms with Crippen molar-refractivity contribution in [2.75, 3.05) is 0 Å². The smallest absolute Gasteiger partial charge is 0.112 e. The van der Waals surface area contributed by atoms with E-state index in [9.17, 15) is 0 Å². The average Bonchev–Trinajstić information content (AvgIpc) is 2.27. The lowest BCUT2D eigenvalue weighted by Gasteiger charge is -1.99. The Bertz CT molecular complexity index is 277. The second-order valence-electron chi connectivity index (χ2n) is 3.49. The number of fused-ring (bicyclic) bond motifs is 3. The maximum absolute atomic E-state index is 4.33. The van der Waals surface area contributed by atoms with Gasteiger partial charge in [-0.1, -0.05) is 6.92 Å². The Hall–Kier alpha value is -0.790. The third-order valence-corrected chi connectivity index (χ3v) is 3.02. The van der Waals surface area contributed by atoms with Crippen molar-refractivity contribution in [1.82, 2.24) is 9.55 Å². The Kier molecular flexibility index (Phi) is 0.636. The summed E-state index contributed by atoms with van der Waals surface area (Å²) in [4.78, 5) is 4.33. The fraction of sp³-hybridized carbons (Fsp3) is 0.625. The van der Waals surface area contributed by atoms with Crippen LogP contribution in [0, 0.1) is 11.8 Å². The Morgan fingerprint density at radius 2 is 2.60 bits per heavy atom. The van der Waals surface area contributed by atoms with Gasteiger partial charge in [-0.3, -0.25) is 0 Å². The first kappa shape index (κ1) is 4.94. The number of nitrogens with zero attached hydrogens (tertiary/aromatic N) is 2. The van der Waals surface area contributed by atoms with E-state index in [2.05, 4.69) is 22.7 Å². The molecule has 1 aromatic heterocycles. The Labute approximate surface area is 59.9 Å². The van der Waals surface area contributed by atoms with Gasteiger partial charge in [-0.2, -0.15) is 0 Å². The maximum atomic E-state index is 4.33. The molecule has 52 valence electrons. The summed E-state index contributed by atoms with van der Waals surface area (Å²) in [5, 5.41) is 0. The van der Waals surface area contributed by atoms with Gasteiger partial charge in [0.2, 0.25) is 0 Å². The van der Waals surface area contributed by atoms with Crippen LogP contribution in [0.15, 0.2) is 12.4 Å². The van der Waals surface area contributed by atoms with Crippen LogP contribution in [0.5, 0.6) is 0 Å². The van der Waals surface area contributed by atoms with Crippen LogP contribution < -0.4 is 0 Å². The molecule has 1 aliphatic heterocycles. The van der Waals surface area contributed by atoms with Crippen LogP contribution in [-0.2, 0) is 6.54 Å². The van der Waals surface area contributed by atoms with Crippen molar-refractivity contribution in [2.24, 2.45) is 11.8 Å². The van der Waals surface area contributed by atoms with Gasteiger partial charge in [0.05, 0.1) is 0 Å². The van der Waals surface area contributed by atoms with E-state index in [0.717, 1.165) is 17.8 Å². The van der Waals surface area contributed by atoms with Crippen LogP contribution in [0.2, 0.25) is 0 Å². The minimum atomic E-state index is 0.815. The first-order valence-corrected chi connectivity index (χ1v) is 3.89. The van der Waals surface area contributed by atoms with Gasteiger partial charge in [0.15, 0.2) is 0 Å². The molecule has 0 bridgehead atoms. The third-order valence-electron chi connectivity index (χ3n) is 3.02. The summed E-state index contributed by atoms with van der Waals surface area (Å²) in [6.07, 6.45) is 4.00. The quantitative estimate of drug-likeness (QED) is 0.522. The van der Waals surface area contributed by atoms with E-state index in [-0.39, 0.29) is 0 Å². The number of aromatic nitrogens is 2. The van der Waals surface area contributed by atoms with E-state index < -0.39 is 0 Å². The zero-order valence-electron chi connectivity index (χ0n) is 5.99. The van der Waals surface area contributed by atoms with Crippen LogP contribution in [-0.4, -0.2) is 9.55 Å². The van der Waals surface area contributed by atoms with Gasteiger partial charge < -0.3 is 4.57 Å². The molecular formula is C8H10N2. The average molecular weight is 134 g/mol. The molecule has 3 atom stereocenters. The molecule has 1 saturated carbocycles. The summed E-state index contributed by atoms with van der Waals surface area (Å²) in [5.74, 6) is 3.99. The highest BCUT2D eigenvalue weighted by Gasteiger charge is 2.54. The first-order valence-electron chi connectivity index (χ1n) is 3.89. The number of rotatable bonds is 0. The molecule has 0 saturated heterocycles. The predicted molar refractivity (Wildman–Crippen MR) is 37.6 cm³/mol. The van der Waals surface area contributed by atoms with Gasteiger partial charge in [-0.15, -0.1) is 0 Å². The lowest BCUT2D eigenvalue weighted by Crippen LogP contribution is -1.98. The lowest BCUT2D eigenvalue weighted by molar-refractivity contribution is 0.607. The summed E-state index contributed by atoms with van der Waals surface area (Å²) in [7, 11) is 0. The van der Waals surface area contributed by atoms with E-state index in [0.29, 0.717) is 0 Å². The number of hydrogen-bond acceptors (Lipinski definition) is 1. The van der Waals surface area contributed by atoms with Gasteiger partial charge in [0.25, 0.3) is 0 Å². The largest absolute Gasteiger partial charge is 0.334 e. The fourth-order valence-electron chi connectivity index (χ4n) is 2.25. The van der Waals surface area contributed by atoms with Crippen molar-refractivity contribution >= 4 is 0 Å². The molecule has 3 rings (SSSR count). The molecule has 2 heterocycles. The molecule has 0 aromatic carbocycles. The van der Waals surface area contributed by atoms with Crippen LogP contribution in [0.25, 0.3) is 0 Å². The highest BCUT2D eigenvalue weighted by molar-refractivity contribution is 5.21. The van der Waals surface area contributed by atoms with Gasteiger partial charge in [0, 0.05) is 24.9 Å². The molecule has 2 nitrogen and oxygen atoms in total. The van der Waals surface area contributed by atoms with E-state index in [1.807, 2.05) is 6.20 Å². The maximum Gasteiger partial charge on any atom is 0.112 e. The van der Waals surface area contributed by atoms with Gasteiger partial charge in [-0.05, 0) is 11.8 Å². The van der Waals surface area contributed by atoms with Crippen LogP contribution >= 0.6 is 0 Å². The Morgan fingerprint density at radius 3 is 3.50 bits per heavy atom. The minimum Gasteiger partial charge on any atom is -0.334 e. The van der Waals surface area contributed by atoms with Crippen molar-refractivity contribution in [1.29, 1.82) is 0 Å². The monoisotopic (exact) mass is 134 g/mol. The van der Waals surface area contributed by atoms with E-state index in [1.165, 1.54) is 12.4 Å². The SMILES string of the molecule is CC1C2c3nccn3C[C@@H]12. The molecule has 0 N–H and O–H groups in total. The molecule has 0 amide bonds. The van der Waals surface area contributed by atoms with Gasteiger partial charge in [0.1, 0.15) is 5.82 Å². The molecule has 0 spiro atoms. The molecular weight excluding hydrogens is 124 g/mol. The van der Waals surface area contributed by atoms with E-state index in [1.54, 1.807) is 0 Å². The lowest BCUT2D eigenvalue weighted by atomic mass is 10.3. The summed E-state index contributed by atoms with van der Waals surface area (Å²) in [6.45, 7) is 3.55. The summed E-state index contributed by atoms with van der Waals surface area (Å²) >= 11 is 0. The summed E-state index contributed by atoms with van der Waals surface area (Å²) in [6, 6.07) is 0. The van der Waals surface area contributed by atoms with E-state index in [4.69, 9.17) is 0 Å². The van der Waals surface area contributed by atoms with Crippen molar-refractivity contribution in [2.45, 2.75) is 19.4 Å². The molecule has 1 aliphatic carbocycles. The normalized spacial score (nSPS) is 41.1. The standard InChI is InChI=1S/C8H10N2/c1-5-6-4-10-3-2-9-8(10)7(5)6/h2-3,5-7H,4H2,1H3/t5?,6-,7?/m0/s1. The first-order chi connectivity index (χ1) is 4.88. The molecule has 2 aliphatic rings. The third kappa shape index (κ3) is 0.376. The van der Waals surface area contributed by atoms with Crippen LogP contribution in [0.4, 0.5) is 0 Å². The Morgan fingerprint density at radius 1 is 1.70 bits per heavy atom. The Balaban J connectivity index is 2.14. The number of hydrogen-bond donors (Lipinski definition) is 0. The fourth-order valence-corrected chi connectivity index (χ4v) is 2.25. The second kappa shape index (κ2) is 1.29. The second-order valence-corrected chi connectivity index (χ2v) is 3.49. The van der Waals surface area contributed by atoms with Gasteiger partial charge >= 0.3 is 0 Å². The van der Waals surface area contributed by atoms with Crippen molar-refractivity contribution in [3.8, 4) is 0 Å². The molecule has 0 radical (unpaired) electrons. The molecule has 10 heavy (non-hydrogen) atoms. The van der Waals surface area contributed by atoms with Crippen LogP contribution in [0.3, 0.4) is 0 Å². The van der Waals surface area contributed by atoms with Crippen molar-refractivity contribution in [3.63, 3.8) is 0 Å². The summed E-state index contributed by atoms with van der Waals surface area (Å²) in [5.41, 5.74) is 0. The molecule has 2 unspecified atom stereocenters. The van der Waals surface area contributed by atoms with Crippen LogP contribution in [0.1, 0.15) is 18.7 Å². The zero-order valence-corrected chi connectivity index (χ0v) is 5.99. The molecule has 1 fully saturated rings. The molecule has 2 heteroatoms. The van der Waals surface area contributed by atoms with Crippen molar-refractivity contribution < 1.29 is 0 Å². The van der Waals surface area contributed by atoms with E-state index >= 15 is 0 Å². The highest BCUT2D eigenvalue weighted by Crippen LogP contribution is 2.57. The summed E-state index contributed by atoms with van der Waals surface area (Å²) < 4.78 is 2.29. The minimum absolute atomic E-state index is 0.815. The molecule has 1 aromatic rings. The van der Waals surface area contributed by atoms with Crippen molar-refractivity contribution in [3.05, 3.63) is 18.2 Å². The predicted octanol–water partition coefficient (Wildman–Crippen LogP) is 1.25. The van der Waals surface area contributed by atoms with Gasteiger partial charge in [-0.25, -0.2) is 4.98 Å². The zero-order chi connectivity index (χ0) is 6.72. The number of imidazole rings is 1. The highest BCUT2D eigenvalue weighted by atomic mass is 15.1.